The van der Waals surface area contributed by atoms with E-state index in [2.05, 4.69) is 0 Å². The van der Waals surface area contributed by atoms with Crippen molar-refractivity contribution < 1.29 is 19.0 Å². The van der Waals surface area contributed by atoms with Gasteiger partial charge < -0.3 is 14.2 Å². The van der Waals surface area contributed by atoms with Gasteiger partial charge in [-0.1, -0.05) is 24.3 Å². The lowest BCUT2D eigenvalue weighted by molar-refractivity contribution is -0.121. The third kappa shape index (κ3) is 3.45. The van der Waals surface area contributed by atoms with Crippen LogP contribution < -0.4 is 9.47 Å². The summed E-state index contributed by atoms with van der Waals surface area (Å²) in [4.78, 5) is 13.2. The van der Waals surface area contributed by atoms with Crippen LogP contribution in [0.1, 0.15) is 24.0 Å². The molecule has 0 spiro atoms. The first-order valence-corrected chi connectivity index (χ1v) is 8.68. The van der Waals surface area contributed by atoms with Crippen LogP contribution in [-0.2, 0) is 21.4 Å². The number of carbonyl (C=O) groups excluding carboxylic acids is 1. The van der Waals surface area contributed by atoms with Crippen molar-refractivity contribution >= 4 is 5.78 Å². The quantitative estimate of drug-likeness (QED) is 0.786. The maximum absolute atomic E-state index is 13.2. The van der Waals surface area contributed by atoms with Crippen molar-refractivity contribution in [2.24, 2.45) is 0 Å². The first-order chi connectivity index (χ1) is 12.6. The van der Waals surface area contributed by atoms with Crippen LogP contribution in [-0.4, -0.2) is 27.1 Å². The SMILES string of the molecule is COC1=CC(=O)C(Cc2ccc(OC)cc2)(c2ccc(OC)cc2)CC1. The minimum Gasteiger partial charge on any atom is -0.501 e. The molecule has 0 aliphatic heterocycles. The van der Waals surface area contributed by atoms with Crippen molar-refractivity contribution in [2.75, 3.05) is 21.3 Å². The summed E-state index contributed by atoms with van der Waals surface area (Å²) in [5, 5.41) is 0. The van der Waals surface area contributed by atoms with E-state index in [4.69, 9.17) is 14.2 Å². The zero-order valence-corrected chi connectivity index (χ0v) is 15.5. The molecule has 26 heavy (non-hydrogen) atoms. The van der Waals surface area contributed by atoms with Gasteiger partial charge in [0, 0.05) is 12.5 Å². The summed E-state index contributed by atoms with van der Waals surface area (Å²) in [5.41, 5.74) is 1.51. The topological polar surface area (TPSA) is 44.8 Å². The highest BCUT2D eigenvalue weighted by atomic mass is 16.5. The maximum atomic E-state index is 13.2. The van der Waals surface area contributed by atoms with Crippen molar-refractivity contribution in [3.8, 4) is 11.5 Å². The standard InChI is InChI=1S/C22H24O4/c1-24-18-8-4-16(5-9-18)15-22(13-12-20(26-3)14-21(22)23)17-6-10-19(25-2)11-7-17/h4-11,14H,12-13,15H2,1-3H3. The van der Waals surface area contributed by atoms with Gasteiger partial charge in [0.15, 0.2) is 5.78 Å². The molecule has 4 nitrogen and oxygen atoms in total. The molecular formula is C22H24O4. The largest absolute Gasteiger partial charge is 0.501 e. The summed E-state index contributed by atoms with van der Waals surface area (Å²) < 4.78 is 15.8. The van der Waals surface area contributed by atoms with E-state index in [1.807, 2.05) is 48.5 Å². The lowest BCUT2D eigenvalue weighted by atomic mass is 9.67. The lowest BCUT2D eigenvalue weighted by Gasteiger charge is -2.35. The maximum Gasteiger partial charge on any atom is 0.169 e. The van der Waals surface area contributed by atoms with Crippen LogP contribution in [0.2, 0.25) is 0 Å². The number of hydrogen-bond donors (Lipinski definition) is 0. The zero-order valence-electron chi connectivity index (χ0n) is 15.5. The second-order valence-electron chi connectivity index (χ2n) is 6.51. The van der Waals surface area contributed by atoms with E-state index in [0.717, 1.165) is 34.8 Å². The van der Waals surface area contributed by atoms with Gasteiger partial charge in [0.2, 0.25) is 0 Å². The molecule has 0 saturated carbocycles. The Morgan fingerprint density at radius 3 is 1.92 bits per heavy atom. The number of hydrogen-bond acceptors (Lipinski definition) is 4. The van der Waals surface area contributed by atoms with Crippen molar-refractivity contribution in [3.05, 3.63) is 71.5 Å². The number of benzene rings is 2. The minimum absolute atomic E-state index is 0.0848. The Bertz CT molecular complexity index is 790. The molecule has 1 aliphatic rings. The van der Waals surface area contributed by atoms with E-state index in [-0.39, 0.29) is 5.78 Å². The number of methoxy groups -OCH3 is 3. The average molecular weight is 352 g/mol. The summed E-state index contributed by atoms with van der Waals surface area (Å²) in [6, 6.07) is 15.7. The highest BCUT2D eigenvalue weighted by Gasteiger charge is 2.41. The Labute approximate surface area is 154 Å². The fraction of sp³-hybridized carbons (Fsp3) is 0.318. The third-order valence-corrected chi connectivity index (χ3v) is 5.13. The molecule has 1 atom stereocenters. The van der Waals surface area contributed by atoms with Crippen LogP contribution >= 0.6 is 0 Å². The summed E-state index contributed by atoms with van der Waals surface area (Å²) in [7, 11) is 4.90. The number of ketones is 1. The van der Waals surface area contributed by atoms with Crippen LogP contribution in [0, 0.1) is 0 Å². The van der Waals surface area contributed by atoms with E-state index in [0.29, 0.717) is 12.8 Å². The monoisotopic (exact) mass is 352 g/mol. The Hall–Kier alpha value is -2.75. The molecule has 0 saturated heterocycles. The molecule has 0 heterocycles. The van der Waals surface area contributed by atoms with E-state index >= 15 is 0 Å². The molecule has 0 radical (unpaired) electrons. The van der Waals surface area contributed by atoms with E-state index < -0.39 is 5.41 Å². The van der Waals surface area contributed by atoms with Crippen LogP contribution in [0.4, 0.5) is 0 Å². The fourth-order valence-corrected chi connectivity index (χ4v) is 3.54. The van der Waals surface area contributed by atoms with Crippen molar-refractivity contribution in [1.82, 2.24) is 0 Å². The van der Waals surface area contributed by atoms with Gasteiger partial charge in [-0.3, -0.25) is 4.79 Å². The molecule has 0 N–H and O–H groups in total. The number of allylic oxidation sites excluding steroid dienone is 2. The molecular weight excluding hydrogens is 328 g/mol. The molecule has 4 heteroatoms. The van der Waals surface area contributed by atoms with E-state index in [9.17, 15) is 4.79 Å². The summed E-state index contributed by atoms with van der Waals surface area (Å²) in [6.45, 7) is 0. The van der Waals surface area contributed by atoms with Crippen LogP contribution in [0.3, 0.4) is 0 Å². The molecule has 2 aromatic carbocycles. The van der Waals surface area contributed by atoms with Gasteiger partial charge in [-0.15, -0.1) is 0 Å². The highest BCUT2D eigenvalue weighted by Crippen LogP contribution is 2.40. The normalized spacial score (nSPS) is 19.7. The molecule has 0 aromatic heterocycles. The minimum atomic E-state index is -0.594. The van der Waals surface area contributed by atoms with Crippen LogP contribution in [0.25, 0.3) is 0 Å². The summed E-state index contributed by atoms with van der Waals surface area (Å²) in [5.74, 6) is 2.42. The van der Waals surface area contributed by atoms with Gasteiger partial charge in [0.05, 0.1) is 32.5 Å². The molecule has 0 bridgehead atoms. The Morgan fingerprint density at radius 2 is 1.42 bits per heavy atom. The Balaban J connectivity index is 2.00. The van der Waals surface area contributed by atoms with Gasteiger partial charge in [-0.25, -0.2) is 0 Å². The molecule has 136 valence electrons. The van der Waals surface area contributed by atoms with E-state index in [1.54, 1.807) is 27.4 Å². The fourth-order valence-electron chi connectivity index (χ4n) is 3.54. The molecule has 2 aromatic rings. The second-order valence-corrected chi connectivity index (χ2v) is 6.51. The Kier molecular flexibility index (Phi) is 5.31. The zero-order chi connectivity index (χ0) is 18.6. The van der Waals surface area contributed by atoms with Gasteiger partial charge in [-0.05, 0) is 48.2 Å². The molecule has 3 rings (SSSR count). The average Bonchev–Trinajstić information content (AvgIpc) is 2.70. The van der Waals surface area contributed by atoms with Gasteiger partial charge >= 0.3 is 0 Å². The van der Waals surface area contributed by atoms with Crippen molar-refractivity contribution in [1.29, 1.82) is 0 Å². The Morgan fingerprint density at radius 1 is 0.846 bits per heavy atom. The van der Waals surface area contributed by atoms with E-state index in [1.165, 1.54) is 0 Å². The summed E-state index contributed by atoms with van der Waals surface area (Å²) in [6.07, 6.45) is 3.74. The molecule has 0 fully saturated rings. The predicted molar refractivity (Wildman–Crippen MR) is 101 cm³/mol. The molecule has 1 unspecified atom stereocenters. The van der Waals surface area contributed by atoms with Crippen molar-refractivity contribution in [3.63, 3.8) is 0 Å². The number of carbonyl (C=O) groups is 1. The van der Waals surface area contributed by atoms with Gasteiger partial charge in [0.25, 0.3) is 0 Å². The first-order valence-electron chi connectivity index (χ1n) is 8.68. The third-order valence-electron chi connectivity index (χ3n) is 5.13. The highest BCUT2D eigenvalue weighted by molar-refractivity contribution is 6.00. The molecule has 1 aliphatic carbocycles. The lowest BCUT2D eigenvalue weighted by Crippen LogP contribution is -2.40. The molecule has 0 amide bonds. The van der Waals surface area contributed by atoms with Crippen LogP contribution in [0.15, 0.2) is 60.4 Å². The van der Waals surface area contributed by atoms with Crippen molar-refractivity contribution in [2.45, 2.75) is 24.7 Å². The first kappa shape index (κ1) is 18.1. The summed E-state index contributed by atoms with van der Waals surface area (Å²) >= 11 is 0. The smallest absolute Gasteiger partial charge is 0.169 e. The number of rotatable bonds is 6. The van der Waals surface area contributed by atoms with Crippen LogP contribution in [0.5, 0.6) is 11.5 Å². The number of ether oxygens (including phenoxy) is 3. The second kappa shape index (κ2) is 7.65. The van der Waals surface area contributed by atoms with Gasteiger partial charge in [-0.2, -0.15) is 0 Å². The van der Waals surface area contributed by atoms with Gasteiger partial charge in [0.1, 0.15) is 11.5 Å². The predicted octanol–water partition coefficient (Wildman–Crippen LogP) is 4.08.